The van der Waals surface area contributed by atoms with Gasteiger partial charge < -0.3 is 20.5 Å². The van der Waals surface area contributed by atoms with E-state index < -0.39 is 5.54 Å². The smallest absolute Gasteiger partial charge is 0.231 e. The molecule has 2 aliphatic heterocycles. The van der Waals surface area contributed by atoms with Crippen LogP contribution in [0.1, 0.15) is 71.4 Å². The minimum Gasteiger partial charge on any atom is -0.487 e. The highest BCUT2D eigenvalue weighted by atomic mass is 16.5. The van der Waals surface area contributed by atoms with Crippen LogP contribution in [-0.4, -0.2) is 53.6 Å². The van der Waals surface area contributed by atoms with Crippen molar-refractivity contribution in [3.63, 3.8) is 0 Å². The van der Waals surface area contributed by atoms with E-state index in [1.165, 1.54) is 0 Å². The van der Waals surface area contributed by atoms with Gasteiger partial charge in [-0.2, -0.15) is 0 Å². The maximum atomic E-state index is 13.4. The summed E-state index contributed by atoms with van der Waals surface area (Å²) in [4.78, 5) is 32.5. The number of nitrogens with one attached hydrogen (secondary N) is 1. The molecule has 8 heteroatoms. The Kier molecular flexibility index (Phi) is 6.64. The number of methoxy groups -OCH3 is 1. The molecular formula is C26H38N4O4. The number of nitrogens with zero attached hydrogens (tertiary/aromatic N) is 2. The van der Waals surface area contributed by atoms with Crippen LogP contribution in [0, 0.1) is 11.8 Å². The number of guanidine groups is 1. The number of fused-ring (bicyclic) bond motifs is 1. The first-order valence-corrected chi connectivity index (χ1v) is 12.3. The number of hydrogen-bond acceptors (Lipinski definition) is 6. The molecule has 0 radical (unpaired) electrons. The largest absolute Gasteiger partial charge is 0.487 e. The van der Waals surface area contributed by atoms with Crippen LogP contribution in [0.15, 0.2) is 29.3 Å². The van der Waals surface area contributed by atoms with Gasteiger partial charge in [-0.25, -0.2) is 4.99 Å². The summed E-state index contributed by atoms with van der Waals surface area (Å²) in [6.07, 6.45) is 3.20. The maximum Gasteiger partial charge on any atom is 0.231 e. The number of para-hydroxylation sites is 1. The molecule has 0 spiro atoms. The predicted octanol–water partition coefficient (Wildman–Crippen LogP) is 3.16. The first kappa shape index (κ1) is 24.5. The lowest BCUT2D eigenvalue weighted by Gasteiger charge is -2.40. The van der Waals surface area contributed by atoms with Crippen LogP contribution in [0.3, 0.4) is 0 Å². The number of rotatable bonds is 8. The molecule has 1 saturated carbocycles. The van der Waals surface area contributed by atoms with Crippen molar-refractivity contribution in [1.82, 2.24) is 10.2 Å². The van der Waals surface area contributed by atoms with Crippen molar-refractivity contribution in [2.45, 2.75) is 83.0 Å². The minimum atomic E-state index is -0.508. The number of ether oxygens (including phenoxy) is 2. The molecular weight excluding hydrogens is 432 g/mol. The number of aliphatic imine (C=N–C) groups is 1. The molecule has 0 saturated heterocycles. The van der Waals surface area contributed by atoms with Gasteiger partial charge in [0.05, 0.1) is 18.0 Å². The second kappa shape index (κ2) is 9.21. The highest BCUT2D eigenvalue weighted by Crippen LogP contribution is 2.47. The summed E-state index contributed by atoms with van der Waals surface area (Å²) < 4.78 is 11.6. The molecule has 186 valence electrons. The highest BCUT2D eigenvalue weighted by molar-refractivity contribution is 5.99. The Morgan fingerprint density at radius 1 is 1.35 bits per heavy atom. The van der Waals surface area contributed by atoms with Crippen molar-refractivity contribution in [3.8, 4) is 5.75 Å². The first-order chi connectivity index (χ1) is 16.1. The second-order valence-electron chi connectivity index (χ2n) is 10.8. The minimum absolute atomic E-state index is 0.0212. The number of carbonyl (C=O) groups is 2. The Morgan fingerprint density at radius 3 is 2.76 bits per heavy atom. The van der Waals surface area contributed by atoms with Crippen LogP contribution >= 0.6 is 0 Å². The van der Waals surface area contributed by atoms with Crippen molar-refractivity contribution < 1.29 is 19.1 Å². The average molecular weight is 471 g/mol. The van der Waals surface area contributed by atoms with Gasteiger partial charge in [0.15, 0.2) is 5.96 Å². The van der Waals surface area contributed by atoms with Gasteiger partial charge in [0.25, 0.3) is 0 Å². The Balaban J connectivity index is 1.50. The van der Waals surface area contributed by atoms with Gasteiger partial charge in [0.1, 0.15) is 11.4 Å². The normalized spacial score (nSPS) is 30.6. The summed E-state index contributed by atoms with van der Waals surface area (Å²) in [7, 11) is 1.64. The van der Waals surface area contributed by atoms with E-state index in [9.17, 15) is 9.59 Å². The molecule has 5 atom stereocenters. The quantitative estimate of drug-likeness (QED) is 0.607. The van der Waals surface area contributed by atoms with Gasteiger partial charge in [-0.05, 0) is 52.0 Å². The molecule has 0 aromatic heterocycles. The Morgan fingerprint density at radius 2 is 2.09 bits per heavy atom. The van der Waals surface area contributed by atoms with Crippen LogP contribution < -0.4 is 15.8 Å². The molecule has 34 heavy (non-hydrogen) atoms. The van der Waals surface area contributed by atoms with Crippen LogP contribution in [0.25, 0.3) is 0 Å². The Hall–Kier alpha value is -2.61. The second-order valence-corrected chi connectivity index (χ2v) is 10.8. The number of amides is 2. The van der Waals surface area contributed by atoms with Crippen LogP contribution in [-0.2, 0) is 14.3 Å². The molecule has 4 rings (SSSR count). The van der Waals surface area contributed by atoms with Gasteiger partial charge in [-0.3, -0.25) is 14.5 Å². The zero-order valence-electron chi connectivity index (χ0n) is 21.0. The van der Waals surface area contributed by atoms with E-state index in [0.29, 0.717) is 19.4 Å². The van der Waals surface area contributed by atoms with Gasteiger partial charge in [0, 0.05) is 37.7 Å². The molecule has 2 heterocycles. The third-order valence-corrected chi connectivity index (χ3v) is 7.49. The number of nitrogens with two attached hydrogens (primary N) is 1. The molecule has 1 aromatic carbocycles. The van der Waals surface area contributed by atoms with Gasteiger partial charge in [-0.15, -0.1) is 0 Å². The topological polar surface area (TPSA) is 106 Å². The molecule has 1 aliphatic carbocycles. The molecule has 2 amide bonds. The average Bonchev–Trinajstić information content (AvgIpc) is 3.55. The number of hydrogen-bond donors (Lipinski definition) is 2. The molecule has 0 bridgehead atoms. The lowest BCUT2D eigenvalue weighted by atomic mass is 9.86. The summed E-state index contributed by atoms with van der Waals surface area (Å²) >= 11 is 0. The molecule has 1 aromatic rings. The van der Waals surface area contributed by atoms with Gasteiger partial charge in [0.2, 0.25) is 11.8 Å². The molecule has 3 N–H and O–H groups in total. The lowest BCUT2D eigenvalue weighted by Crippen LogP contribution is -2.55. The number of benzene rings is 1. The lowest BCUT2D eigenvalue weighted by molar-refractivity contribution is -0.132. The summed E-state index contributed by atoms with van der Waals surface area (Å²) in [5.74, 6) is 0.918. The number of carbonyl (C=O) groups excluding carboxylic acids is 2. The SMILES string of the molecule is CCC1(C)CC(NC(=O)[C@@H]2CC2[C@@H](CCOC)N2C(=O)CC(C)(C)N=C2N)c2ccccc2O1. The predicted molar refractivity (Wildman–Crippen MR) is 130 cm³/mol. The van der Waals surface area contributed by atoms with E-state index >= 15 is 0 Å². The van der Waals surface area contributed by atoms with Crippen molar-refractivity contribution in [3.05, 3.63) is 29.8 Å². The molecule has 3 unspecified atom stereocenters. The maximum absolute atomic E-state index is 13.4. The Labute approximate surface area is 202 Å². The van der Waals surface area contributed by atoms with Crippen molar-refractivity contribution >= 4 is 17.8 Å². The van der Waals surface area contributed by atoms with Crippen LogP contribution in [0.5, 0.6) is 5.75 Å². The fourth-order valence-electron chi connectivity index (χ4n) is 5.39. The summed E-state index contributed by atoms with van der Waals surface area (Å²) in [5, 5.41) is 3.29. The first-order valence-electron chi connectivity index (χ1n) is 12.3. The molecule has 8 nitrogen and oxygen atoms in total. The third kappa shape index (κ3) is 4.92. The zero-order chi connectivity index (χ0) is 24.7. The fourth-order valence-corrected chi connectivity index (χ4v) is 5.39. The van der Waals surface area contributed by atoms with Gasteiger partial charge in [-0.1, -0.05) is 25.1 Å². The van der Waals surface area contributed by atoms with E-state index in [1.807, 2.05) is 38.1 Å². The van der Waals surface area contributed by atoms with Crippen molar-refractivity contribution in [1.29, 1.82) is 0 Å². The summed E-state index contributed by atoms with van der Waals surface area (Å²) in [6, 6.07) is 7.61. The highest BCUT2D eigenvalue weighted by Gasteiger charge is 2.52. The third-order valence-electron chi connectivity index (χ3n) is 7.49. The van der Waals surface area contributed by atoms with Gasteiger partial charge >= 0.3 is 0 Å². The van der Waals surface area contributed by atoms with Crippen molar-refractivity contribution in [2.75, 3.05) is 13.7 Å². The Bertz CT molecular complexity index is 977. The molecule has 1 fully saturated rings. The monoisotopic (exact) mass is 470 g/mol. The van der Waals surface area contributed by atoms with E-state index in [0.717, 1.165) is 30.6 Å². The van der Waals surface area contributed by atoms with Crippen LogP contribution in [0.4, 0.5) is 0 Å². The fraction of sp³-hybridized carbons (Fsp3) is 0.654. The van der Waals surface area contributed by atoms with Crippen molar-refractivity contribution in [2.24, 2.45) is 22.6 Å². The van der Waals surface area contributed by atoms with E-state index in [1.54, 1.807) is 12.0 Å². The van der Waals surface area contributed by atoms with E-state index in [-0.39, 0.29) is 47.3 Å². The zero-order valence-corrected chi connectivity index (χ0v) is 21.0. The van der Waals surface area contributed by atoms with E-state index in [2.05, 4.69) is 24.2 Å². The summed E-state index contributed by atoms with van der Waals surface area (Å²) in [6.45, 7) is 8.49. The summed E-state index contributed by atoms with van der Waals surface area (Å²) in [5.41, 5.74) is 6.43. The standard InChI is InChI=1S/C26H38N4O4/c1-6-26(4)14-19(16-9-7-8-10-21(16)34-26)28-23(32)18-13-17(18)20(11-12-33-5)30-22(31)15-25(2,3)29-24(30)27/h7-10,17-20H,6,11-15H2,1-5H3,(H2,27,29)(H,28,32)/t17?,18-,19?,20-,26?/m1/s1. The molecule has 3 aliphatic rings. The van der Waals surface area contributed by atoms with Crippen LogP contribution in [0.2, 0.25) is 0 Å². The van der Waals surface area contributed by atoms with E-state index in [4.69, 9.17) is 15.2 Å².